The van der Waals surface area contributed by atoms with Gasteiger partial charge in [0.2, 0.25) is 0 Å². The number of hydrogen-bond acceptors (Lipinski definition) is 8. The molecule has 0 radical (unpaired) electrons. The second-order valence-corrected chi connectivity index (χ2v) is 13.6. The van der Waals surface area contributed by atoms with Crippen LogP contribution in [0.5, 0.6) is 23.0 Å². The molecule has 48 heavy (non-hydrogen) atoms. The van der Waals surface area contributed by atoms with Gasteiger partial charge < -0.3 is 29.0 Å². The number of alkyl halides is 2. The Balaban J connectivity index is 1.09. The molecule has 0 aromatic heterocycles. The molecule has 0 amide bonds. The molecule has 1 saturated heterocycles. The summed E-state index contributed by atoms with van der Waals surface area (Å²) in [5.41, 5.74) is 2.57. The van der Waals surface area contributed by atoms with Crippen LogP contribution in [-0.2, 0) is 14.9 Å². The molecule has 1 N–H and O–H groups in total. The van der Waals surface area contributed by atoms with Crippen LogP contribution in [0.3, 0.4) is 0 Å². The Labute approximate surface area is 281 Å². The van der Waals surface area contributed by atoms with Gasteiger partial charge in [-0.3, -0.25) is 0 Å². The standard InChI is InChI=1S/C38H46F2N2O6/c1-3-30(31-18-26(21-42-31)25-10-12-32(44-2)35(19-25)46-28-6-4-5-7-28)36(43)47-29-14-16-38(23-41,17-15-29)27-11-13-33(48-37(39)40)34(20-27)45-22-24-8-9-24/h10-13,19-20,24,26,28-29,37,42H,3-9,14-18,21-22H2,1-2H3/t26-,29-,38+/m0/s1. The van der Waals surface area contributed by atoms with E-state index in [0.29, 0.717) is 68.7 Å². The Hall–Kier alpha value is -4.00. The van der Waals surface area contributed by atoms with Gasteiger partial charge in [0.25, 0.3) is 0 Å². The van der Waals surface area contributed by atoms with E-state index < -0.39 is 12.0 Å². The molecule has 0 spiro atoms. The molecule has 1 aliphatic heterocycles. The van der Waals surface area contributed by atoms with E-state index >= 15 is 0 Å². The highest BCUT2D eigenvalue weighted by Gasteiger charge is 2.40. The van der Waals surface area contributed by atoms with Crippen LogP contribution in [0.15, 0.2) is 47.7 Å². The number of methoxy groups -OCH3 is 1. The highest BCUT2D eigenvalue weighted by Crippen LogP contribution is 2.44. The summed E-state index contributed by atoms with van der Waals surface area (Å²) in [5.74, 6) is 2.01. The Morgan fingerprint density at radius 2 is 1.73 bits per heavy atom. The van der Waals surface area contributed by atoms with Crippen LogP contribution in [0.25, 0.3) is 0 Å². The van der Waals surface area contributed by atoms with Crippen LogP contribution in [0.1, 0.15) is 101 Å². The van der Waals surface area contributed by atoms with Crippen molar-refractivity contribution in [1.29, 1.82) is 5.26 Å². The molecular weight excluding hydrogens is 618 g/mol. The minimum absolute atomic E-state index is 0.0298. The van der Waals surface area contributed by atoms with Crippen molar-refractivity contribution in [2.75, 3.05) is 20.3 Å². The number of esters is 1. The molecule has 1 heterocycles. The predicted molar refractivity (Wildman–Crippen MR) is 175 cm³/mol. The van der Waals surface area contributed by atoms with Crippen molar-refractivity contribution < 1.29 is 37.3 Å². The van der Waals surface area contributed by atoms with E-state index in [2.05, 4.69) is 23.5 Å². The fraction of sp³-hybridized carbons (Fsp3) is 0.579. The zero-order valence-electron chi connectivity index (χ0n) is 27.9. The third kappa shape index (κ3) is 7.82. The van der Waals surface area contributed by atoms with Crippen molar-refractivity contribution in [2.24, 2.45) is 5.92 Å². The van der Waals surface area contributed by atoms with Crippen molar-refractivity contribution in [2.45, 2.75) is 114 Å². The Bertz CT molecular complexity index is 1520. The first-order chi connectivity index (χ1) is 23.3. The van der Waals surface area contributed by atoms with Gasteiger partial charge >= 0.3 is 12.6 Å². The Kier molecular flexibility index (Phi) is 10.6. The zero-order valence-corrected chi connectivity index (χ0v) is 27.9. The summed E-state index contributed by atoms with van der Waals surface area (Å²) in [5, 5.41) is 13.8. The molecule has 0 bridgehead atoms. The highest BCUT2D eigenvalue weighted by molar-refractivity contribution is 5.89. The number of carbonyl (C=O) groups is 1. The molecule has 1 atom stereocenters. The number of benzene rings is 2. The number of ether oxygens (including phenoxy) is 5. The highest BCUT2D eigenvalue weighted by atomic mass is 19.3. The second-order valence-electron chi connectivity index (χ2n) is 13.6. The Morgan fingerprint density at radius 1 is 0.979 bits per heavy atom. The smallest absolute Gasteiger partial charge is 0.387 e. The fourth-order valence-corrected chi connectivity index (χ4v) is 7.30. The summed E-state index contributed by atoms with van der Waals surface area (Å²) in [6.07, 6.45) is 9.74. The molecule has 4 fully saturated rings. The van der Waals surface area contributed by atoms with Gasteiger partial charge in [-0.05, 0) is 118 Å². The van der Waals surface area contributed by atoms with Gasteiger partial charge in [0.15, 0.2) is 23.0 Å². The molecule has 2 aromatic carbocycles. The maximum absolute atomic E-state index is 13.5. The minimum Gasteiger partial charge on any atom is -0.493 e. The van der Waals surface area contributed by atoms with Gasteiger partial charge in [0.1, 0.15) is 6.10 Å². The lowest BCUT2D eigenvalue weighted by Gasteiger charge is -2.35. The van der Waals surface area contributed by atoms with Crippen molar-refractivity contribution in [3.8, 4) is 29.1 Å². The average molecular weight is 665 g/mol. The van der Waals surface area contributed by atoms with E-state index in [1.54, 1.807) is 19.2 Å². The van der Waals surface area contributed by atoms with Crippen LogP contribution >= 0.6 is 0 Å². The van der Waals surface area contributed by atoms with Crippen molar-refractivity contribution in [3.63, 3.8) is 0 Å². The largest absolute Gasteiger partial charge is 0.493 e. The second kappa shape index (κ2) is 15.0. The van der Waals surface area contributed by atoms with Gasteiger partial charge in [0.05, 0.1) is 36.9 Å². The third-order valence-corrected chi connectivity index (χ3v) is 10.4. The molecule has 0 unspecified atom stereocenters. The van der Waals surface area contributed by atoms with Gasteiger partial charge in [-0.15, -0.1) is 0 Å². The lowest BCUT2D eigenvalue weighted by atomic mass is 9.69. The molecule has 10 heteroatoms. The number of nitriles is 1. The minimum atomic E-state index is -2.97. The average Bonchev–Trinajstić information content (AvgIpc) is 3.54. The summed E-state index contributed by atoms with van der Waals surface area (Å²) in [6.45, 7) is 0.133. The summed E-state index contributed by atoms with van der Waals surface area (Å²) in [4.78, 5) is 13.5. The zero-order chi connectivity index (χ0) is 33.7. The Morgan fingerprint density at radius 3 is 2.40 bits per heavy atom. The maximum Gasteiger partial charge on any atom is 0.387 e. The lowest BCUT2D eigenvalue weighted by Crippen LogP contribution is -2.34. The first-order valence-corrected chi connectivity index (χ1v) is 17.5. The van der Waals surface area contributed by atoms with Crippen molar-refractivity contribution in [1.82, 2.24) is 5.32 Å². The van der Waals surface area contributed by atoms with Crippen molar-refractivity contribution >= 4 is 5.97 Å². The van der Waals surface area contributed by atoms with Crippen LogP contribution < -0.4 is 24.3 Å². The number of nitrogens with zero attached hydrogens (tertiary/aromatic N) is 1. The summed E-state index contributed by atoms with van der Waals surface area (Å²) in [7, 11) is 1.66. The summed E-state index contributed by atoms with van der Waals surface area (Å²) >= 11 is 0. The maximum atomic E-state index is 13.5. The van der Waals surface area contributed by atoms with E-state index in [1.807, 2.05) is 13.0 Å². The number of rotatable bonds is 13. The fourth-order valence-electron chi connectivity index (χ4n) is 7.30. The number of nitrogens with one attached hydrogen (secondary N) is 1. The van der Waals surface area contributed by atoms with Crippen LogP contribution in [0.4, 0.5) is 8.78 Å². The number of allylic oxidation sites excluding steroid dienone is 1. The molecule has 258 valence electrons. The lowest BCUT2D eigenvalue weighted by molar-refractivity contribution is -0.146. The summed E-state index contributed by atoms with van der Waals surface area (Å²) < 4.78 is 54.6. The first-order valence-electron chi connectivity index (χ1n) is 17.5. The number of hydrogen-bond donors (Lipinski definition) is 1. The topological polar surface area (TPSA) is 99.0 Å². The SMILES string of the molecule is CCC(C(=O)O[C@H]1CC[C@@](C#N)(c2ccc(OC(F)F)c(OCC3CC3)c2)CC1)=C1C[C@H](c2ccc(OC)c(OC3CCCC3)c2)CN1. The predicted octanol–water partition coefficient (Wildman–Crippen LogP) is 8.10. The molecule has 8 nitrogen and oxygen atoms in total. The van der Waals surface area contributed by atoms with E-state index in [-0.39, 0.29) is 35.6 Å². The van der Waals surface area contributed by atoms with Crippen LogP contribution in [0.2, 0.25) is 0 Å². The summed E-state index contributed by atoms with van der Waals surface area (Å²) in [6, 6.07) is 13.4. The molecule has 3 saturated carbocycles. The first kappa shape index (κ1) is 33.9. The third-order valence-electron chi connectivity index (χ3n) is 10.4. The van der Waals surface area contributed by atoms with Gasteiger partial charge in [-0.1, -0.05) is 19.1 Å². The normalized spacial score (nSPS) is 25.2. The van der Waals surface area contributed by atoms with E-state index in [0.717, 1.165) is 48.4 Å². The quantitative estimate of drug-likeness (QED) is 0.170. The van der Waals surface area contributed by atoms with Crippen molar-refractivity contribution in [3.05, 3.63) is 58.8 Å². The van der Waals surface area contributed by atoms with E-state index in [1.165, 1.54) is 18.9 Å². The number of halogens is 2. The molecule has 6 rings (SSSR count). The monoisotopic (exact) mass is 664 g/mol. The molecule has 2 aromatic rings. The molecule has 3 aliphatic carbocycles. The van der Waals surface area contributed by atoms with Crippen LogP contribution in [-0.4, -0.2) is 45.1 Å². The van der Waals surface area contributed by atoms with E-state index in [9.17, 15) is 18.8 Å². The van der Waals surface area contributed by atoms with Gasteiger partial charge in [-0.2, -0.15) is 14.0 Å². The number of carbonyl (C=O) groups excluding carboxylic acids is 1. The molecular formula is C38H46F2N2O6. The van der Waals surface area contributed by atoms with Gasteiger partial charge in [-0.25, -0.2) is 4.79 Å². The van der Waals surface area contributed by atoms with Gasteiger partial charge in [0, 0.05) is 18.2 Å². The molecule has 4 aliphatic rings. The van der Waals surface area contributed by atoms with E-state index in [4.69, 9.17) is 23.7 Å². The van der Waals surface area contributed by atoms with Crippen LogP contribution in [0, 0.1) is 17.2 Å².